The van der Waals surface area contributed by atoms with Crippen molar-refractivity contribution in [2.45, 2.75) is 6.18 Å². The second kappa shape index (κ2) is 9.21. The average Bonchev–Trinajstić information content (AvgIpc) is 2.65. The molecule has 1 heterocycles. The fraction of sp³-hybridized carbons (Fsp3) is 0.438. The largest absolute Gasteiger partial charge is 0.405 e. The van der Waals surface area contributed by atoms with E-state index in [9.17, 15) is 27.6 Å². The van der Waals surface area contributed by atoms with E-state index in [4.69, 9.17) is 4.74 Å². The number of rotatable bonds is 5. The Bertz CT molecular complexity index is 690. The second-order valence-electron chi connectivity index (χ2n) is 5.65. The van der Waals surface area contributed by atoms with E-state index in [0.717, 1.165) is 0 Å². The van der Waals surface area contributed by atoms with Crippen molar-refractivity contribution in [3.8, 4) is 0 Å². The molecule has 1 saturated heterocycles. The third-order valence-corrected chi connectivity index (χ3v) is 3.60. The first kappa shape index (κ1) is 20.5. The van der Waals surface area contributed by atoms with Crippen molar-refractivity contribution in [2.24, 2.45) is 0 Å². The van der Waals surface area contributed by atoms with Crippen molar-refractivity contribution in [1.29, 1.82) is 0 Å². The van der Waals surface area contributed by atoms with Gasteiger partial charge in [-0.05, 0) is 12.1 Å². The van der Waals surface area contributed by atoms with Gasteiger partial charge in [0, 0.05) is 13.1 Å². The number of ether oxygens (including phenoxy) is 1. The maximum absolute atomic E-state index is 12.6. The lowest BCUT2D eigenvalue weighted by atomic mass is 10.1. The molecule has 1 aromatic carbocycles. The number of para-hydroxylation sites is 1. The number of nitrogens with one attached hydrogen (secondary N) is 3. The van der Waals surface area contributed by atoms with Crippen LogP contribution >= 0.6 is 0 Å². The smallest absolute Gasteiger partial charge is 0.378 e. The van der Waals surface area contributed by atoms with Crippen LogP contribution in [0.25, 0.3) is 0 Å². The third kappa shape index (κ3) is 6.77. The molecular formula is C16H19F3N4O4. The highest BCUT2D eigenvalue weighted by Gasteiger charge is 2.27. The molecule has 1 aromatic rings. The minimum absolute atomic E-state index is 0.224. The molecule has 1 aliphatic rings. The highest BCUT2D eigenvalue weighted by molar-refractivity contribution is 6.03. The fourth-order valence-corrected chi connectivity index (χ4v) is 2.30. The highest BCUT2D eigenvalue weighted by atomic mass is 19.4. The molecule has 0 aromatic heterocycles. The molecule has 0 aliphatic carbocycles. The number of carbonyl (C=O) groups excluding carboxylic acids is 3. The first-order chi connectivity index (χ1) is 12.8. The Kier molecular flexibility index (Phi) is 6.99. The maximum Gasteiger partial charge on any atom is 0.405 e. The van der Waals surface area contributed by atoms with Crippen molar-refractivity contribution in [1.82, 2.24) is 15.5 Å². The molecule has 11 heteroatoms. The SMILES string of the molecule is O=C(CNC(=O)Nc1ccccc1C(=O)N1CCOCC1)NCC(F)(F)F. The summed E-state index contributed by atoms with van der Waals surface area (Å²) in [5, 5.41) is 6.20. The van der Waals surface area contributed by atoms with Gasteiger partial charge in [0.15, 0.2) is 0 Å². The molecular weight excluding hydrogens is 369 g/mol. The first-order valence-electron chi connectivity index (χ1n) is 8.10. The predicted molar refractivity (Wildman–Crippen MR) is 89.3 cm³/mol. The topological polar surface area (TPSA) is 99.8 Å². The lowest BCUT2D eigenvalue weighted by molar-refractivity contribution is -0.137. The molecule has 3 N–H and O–H groups in total. The number of halogens is 3. The first-order valence-corrected chi connectivity index (χ1v) is 8.10. The Balaban J connectivity index is 1.90. The third-order valence-electron chi connectivity index (χ3n) is 3.60. The van der Waals surface area contributed by atoms with Gasteiger partial charge in [0.25, 0.3) is 5.91 Å². The van der Waals surface area contributed by atoms with E-state index in [1.807, 2.05) is 0 Å². The number of anilines is 1. The van der Waals surface area contributed by atoms with Crippen LogP contribution < -0.4 is 16.0 Å². The Morgan fingerprint density at radius 2 is 1.74 bits per heavy atom. The Morgan fingerprint density at radius 1 is 1.07 bits per heavy atom. The summed E-state index contributed by atoms with van der Waals surface area (Å²) in [4.78, 5) is 37.4. The summed E-state index contributed by atoms with van der Waals surface area (Å²) in [5.41, 5.74) is 0.485. The number of benzene rings is 1. The van der Waals surface area contributed by atoms with Gasteiger partial charge in [-0.1, -0.05) is 12.1 Å². The molecule has 0 saturated carbocycles. The van der Waals surface area contributed by atoms with E-state index in [1.54, 1.807) is 28.4 Å². The molecule has 27 heavy (non-hydrogen) atoms. The zero-order valence-corrected chi connectivity index (χ0v) is 14.3. The van der Waals surface area contributed by atoms with Gasteiger partial charge in [0.1, 0.15) is 6.54 Å². The Hall–Kier alpha value is -2.82. The number of carbonyl (C=O) groups is 3. The number of nitrogens with zero attached hydrogens (tertiary/aromatic N) is 1. The van der Waals surface area contributed by atoms with Crippen LogP contribution in [0.15, 0.2) is 24.3 Å². The second-order valence-corrected chi connectivity index (χ2v) is 5.65. The van der Waals surface area contributed by atoms with Crippen LogP contribution in [0.1, 0.15) is 10.4 Å². The molecule has 1 aliphatic heterocycles. The standard InChI is InChI=1S/C16H19F3N4O4/c17-16(18,19)10-21-13(24)9-20-15(26)22-12-4-2-1-3-11(12)14(25)23-5-7-27-8-6-23/h1-4H,5-10H2,(H,21,24)(H2,20,22,26). The van der Waals surface area contributed by atoms with E-state index < -0.39 is 31.2 Å². The van der Waals surface area contributed by atoms with Gasteiger partial charge in [0.2, 0.25) is 5.91 Å². The van der Waals surface area contributed by atoms with Crippen molar-refractivity contribution >= 4 is 23.5 Å². The van der Waals surface area contributed by atoms with Crippen molar-refractivity contribution in [2.75, 3.05) is 44.7 Å². The highest BCUT2D eigenvalue weighted by Crippen LogP contribution is 2.18. The zero-order chi connectivity index (χ0) is 19.9. The summed E-state index contributed by atoms with van der Waals surface area (Å²) in [5.74, 6) is -1.27. The number of hydrogen-bond donors (Lipinski definition) is 3. The molecule has 4 amide bonds. The van der Waals surface area contributed by atoms with Gasteiger partial charge < -0.3 is 25.6 Å². The molecule has 0 spiro atoms. The van der Waals surface area contributed by atoms with Crippen LogP contribution in [0.4, 0.5) is 23.7 Å². The van der Waals surface area contributed by atoms with Gasteiger partial charge in [0.05, 0.1) is 31.0 Å². The number of urea groups is 1. The van der Waals surface area contributed by atoms with Crippen LogP contribution in [0, 0.1) is 0 Å². The van der Waals surface area contributed by atoms with E-state index in [0.29, 0.717) is 26.3 Å². The molecule has 2 rings (SSSR count). The van der Waals surface area contributed by atoms with Crippen LogP contribution in [0.5, 0.6) is 0 Å². The summed E-state index contributed by atoms with van der Waals surface area (Å²) in [6.45, 7) is -0.408. The van der Waals surface area contributed by atoms with Crippen molar-refractivity contribution in [3.63, 3.8) is 0 Å². The normalized spacial score (nSPS) is 14.4. The molecule has 0 bridgehead atoms. The van der Waals surface area contributed by atoms with Crippen molar-refractivity contribution in [3.05, 3.63) is 29.8 Å². The lowest BCUT2D eigenvalue weighted by Crippen LogP contribution is -2.42. The molecule has 0 unspecified atom stereocenters. The van der Waals surface area contributed by atoms with E-state index in [-0.39, 0.29) is 17.2 Å². The van der Waals surface area contributed by atoms with E-state index >= 15 is 0 Å². The minimum atomic E-state index is -4.53. The van der Waals surface area contributed by atoms with Crippen LogP contribution in [0.3, 0.4) is 0 Å². The van der Waals surface area contributed by atoms with Crippen LogP contribution in [0.2, 0.25) is 0 Å². The maximum atomic E-state index is 12.6. The Morgan fingerprint density at radius 3 is 2.41 bits per heavy atom. The summed E-state index contributed by atoms with van der Waals surface area (Å²) < 4.78 is 41.2. The van der Waals surface area contributed by atoms with Gasteiger partial charge in [-0.3, -0.25) is 9.59 Å². The number of hydrogen-bond acceptors (Lipinski definition) is 4. The molecule has 0 radical (unpaired) electrons. The summed E-state index contributed by atoms with van der Waals surface area (Å²) in [6.07, 6.45) is -4.53. The lowest BCUT2D eigenvalue weighted by Gasteiger charge is -2.27. The predicted octanol–water partition coefficient (Wildman–Crippen LogP) is 0.959. The number of alkyl halides is 3. The van der Waals surface area contributed by atoms with E-state index in [2.05, 4.69) is 10.6 Å². The average molecular weight is 388 g/mol. The molecule has 1 fully saturated rings. The van der Waals surface area contributed by atoms with Crippen molar-refractivity contribution < 1.29 is 32.3 Å². The van der Waals surface area contributed by atoms with Crippen LogP contribution in [-0.4, -0.2) is 68.3 Å². The summed E-state index contributed by atoms with van der Waals surface area (Å²) in [6, 6.07) is 5.49. The summed E-state index contributed by atoms with van der Waals surface area (Å²) in [7, 11) is 0. The van der Waals surface area contributed by atoms with Gasteiger partial charge >= 0.3 is 12.2 Å². The van der Waals surface area contributed by atoms with E-state index in [1.165, 1.54) is 6.07 Å². The van der Waals surface area contributed by atoms with Gasteiger partial charge in [-0.2, -0.15) is 13.2 Å². The molecule has 148 valence electrons. The molecule has 8 nitrogen and oxygen atoms in total. The van der Waals surface area contributed by atoms with Crippen LogP contribution in [-0.2, 0) is 9.53 Å². The zero-order valence-electron chi connectivity index (χ0n) is 14.3. The van der Waals surface area contributed by atoms with Gasteiger partial charge in [-0.25, -0.2) is 4.79 Å². The van der Waals surface area contributed by atoms with Gasteiger partial charge in [-0.15, -0.1) is 0 Å². The fourth-order valence-electron chi connectivity index (χ4n) is 2.30. The number of morpholine rings is 1. The number of amides is 4. The summed E-state index contributed by atoms with van der Waals surface area (Å²) >= 11 is 0. The minimum Gasteiger partial charge on any atom is -0.378 e. The quantitative estimate of drug-likeness (QED) is 0.700. The molecule has 0 atom stereocenters. The Labute approximate surface area is 153 Å². The monoisotopic (exact) mass is 388 g/mol.